The molecule has 4 rings (SSSR count). The molecule has 2 aliphatic rings. The number of hydrogen-bond donors (Lipinski definition) is 1. The van der Waals surface area contributed by atoms with E-state index >= 15 is 0 Å². The molecule has 0 saturated carbocycles. The molecule has 1 aromatic carbocycles. The number of fused-ring (bicyclic) bond motifs is 2. The number of rotatable bonds is 2. The average Bonchev–Trinajstić information content (AvgIpc) is 2.79. The maximum absolute atomic E-state index is 5.92. The molecule has 0 amide bonds. The van der Waals surface area contributed by atoms with Crippen LogP contribution in [0.1, 0.15) is 16.8 Å². The van der Waals surface area contributed by atoms with Gasteiger partial charge in [-0.1, -0.05) is 6.07 Å². The molecule has 2 aromatic rings. The molecule has 4 heteroatoms. The molecule has 114 valence electrons. The van der Waals surface area contributed by atoms with Gasteiger partial charge < -0.3 is 15.0 Å². The van der Waals surface area contributed by atoms with Gasteiger partial charge in [0.15, 0.2) is 0 Å². The van der Waals surface area contributed by atoms with Crippen LogP contribution in [0.4, 0.5) is 5.69 Å². The second-order valence-corrected chi connectivity index (χ2v) is 5.93. The monoisotopic (exact) mass is 295 g/mol. The predicted molar refractivity (Wildman–Crippen MR) is 87.5 cm³/mol. The quantitative estimate of drug-likeness (QED) is 0.921. The summed E-state index contributed by atoms with van der Waals surface area (Å²) < 4.78 is 5.92. The Bertz CT molecular complexity index is 657. The van der Waals surface area contributed by atoms with Crippen LogP contribution in [0.3, 0.4) is 0 Å². The Kier molecular flexibility index (Phi) is 3.69. The summed E-state index contributed by atoms with van der Waals surface area (Å²) in [6, 6.07) is 10.7. The minimum Gasteiger partial charge on any atom is -0.490 e. The number of hydrogen-bond acceptors (Lipinski definition) is 4. The molecule has 1 aromatic heterocycles. The first-order valence-corrected chi connectivity index (χ1v) is 8.04. The Hall–Kier alpha value is -2.07. The molecule has 0 aliphatic carbocycles. The predicted octanol–water partition coefficient (Wildman–Crippen LogP) is 2.17. The van der Waals surface area contributed by atoms with E-state index in [1.54, 1.807) is 0 Å². The Morgan fingerprint density at radius 1 is 1.14 bits per heavy atom. The van der Waals surface area contributed by atoms with Gasteiger partial charge >= 0.3 is 0 Å². The molecule has 0 saturated heterocycles. The Labute approximate surface area is 131 Å². The zero-order chi connectivity index (χ0) is 14.8. The third-order valence-corrected chi connectivity index (χ3v) is 4.46. The first-order chi connectivity index (χ1) is 10.9. The van der Waals surface area contributed by atoms with Crippen LogP contribution in [0.15, 0.2) is 36.5 Å². The van der Waals surface area contributed by atoms with Gasteiger partial charge in [-0.2, -0.15) is 0 Å². The van der Waals surface area contributed by atoms with Crippen LogP contribution in [-0.2, 0) is 19.4 Å². The van der Waals surface area contributed by atoms with Crippen molar-refractivity contribution in [3.05, 3.63) is 53.3 Å². The average molecular weight is 295 g/mol. The molecule has 2 aliphatic heterocycles. The van der Waals surface area contributed by atoms with Crippen molar-refractivity contribution in [2.45, 2.75) is 19.4 Å². The standard InChI is InChI=1S/C18H21N3O/c1-2-6-20-16(3-1)13-21-9-10-22-18-12-15-5-8-19-7-4-14(15)11-17(18)21/h1-3,6,11-12,19H,4-5,7-10,13H2. The summed E-state index contributed by atoms with van der Waals surface area (Å²) in [5.74, 6) is 1.03. The zero-order valence-electron chi connectivity index (χ0n) is 12.7. The van der Waals surface area contributed by atoms with Crippen molar-refractivity contribution in [1.29, 1.82) is 0 Å². The number of benzene rings is 1. The van der Waals surface area contributed by atoms with E-state index in [4.69, 9.17) is 4.74 Å². The molecule has 22 heavy (non-hydrogen) atoms. The highest BCUT2D eigenvalue weighted by Gasteiger charge is 2.21. The highest BCUT2D eigenvalue weighted by Crippen LogP contribution is 2.36. The van der Waals surface area contributed by atoms with E-state index in [9.17, 15) is 0 Å². The normalized spacial score (nSPS) is 17.2. The maximum Gasteiger partial charge on any atom is 0.142 e. The van der Waals surface area contributed by atoms with Crippen molar-refractivity contribution in [3.8, 4) is 5.75 Å². The number of nitrogens with zero attached hydrogens (tertiary/aromatic N) is 2. The van der Waals surface area contributed by atoms with Crippen LogP contribution in [0.2, 0.25) is 0 Å². The molecule has 0 radical (unpaired) electrons. The molecule has 0 spiro atoms. The summed E-state index contributed by atoms with van der Waals surface area (Å²) in [7, 11) is 0. The summed E-state index contributed by atoms with van der Waals surface area (Å²) in [5.41, 5.74) is 5.22. The molecule has 4 nitrogen and oxygen atoms in total. The third-order valence-electron chi connectivity index (χ3n) is 4.46. The van der Waals surface area contributed by atoms with Crippen LogP contribution < -0.4 is 15.0 Å². The maximum atomic E-state index is 5.92. The number of anilines is 1. The second kappa shape index (κ2) is 5.97. The molecule has 0 unspecified atom stereocenters. The largest absolute Gasteiger partial charge is 0.490 e. The summed E-state index contributed by atoms with van der Waals surface area (Å²) >= 11 is 0. The third kappa shape index (κ3) is 2.66. The van der Waals surface area contributed by atoms with Crippen molar-refractivity contribution in [2.24, 2.45) is 0 Å². The second-order valence-electron chi connectivity index (χ2n) is 5.93. The van der Waals surface area contributed by atoms with Gasteiger partial charge in [-0.15, -0.1) is 0 Å². The SMILES string of the molecule is c1ccc(CN2CCOc3cc4c(cc32)CCNCC4)nc1. The number of aromatic nitrogens is 1. The van der Waals surface area contributed by atoms with Gasteiger partial charge in [0.25, 0.3) is 0 Å². The minimum atomic E-state index is 0.747. The van der Waals surface area contributed by atoms with Gasteiger partial charge in [0, 0.05) is 6.20 Å². The lowest BCUT2D eigenvalue weighted by atomic mass is 10.0. The van der Waals surface area contributed by atoms with Crippen LogP contribution in [0.25, 0.3) is 0 Å². The lowest BCUT2D eigenvalue weighted by Crippen LogP contribution is -2.32. The van der Waals surface area contributed by atoms with Gasteiger partial charge in [-0.05, 0) is 61.3 Å². The first kappa shape index (κ1) is 13.6. The Balaban J connectivity index is 1.66. The summed E-state index contributed by atoms with van der Waals surface area (Å²) in [4.78, 5) is 6.84. The van der Waals surface area contributed by atoms with Gasteiger partial charge in [0.05, 0.1) is 24.5 Å². The van der Waals surface area contributed by atoms with Gasteiger partial charge in [-0.25, -0.2) is 0 Å². The summed E-state index contributed by atoms with van der Waals surface area (Å²) in [6.45, 7) is 4.63. The van der Waals surface area contributed by atoms with Crippen molar-refractivity contribution in [3.63, 3.8) is 0 Å². The van der Waals surface area contributed by atoms with Crippen molar-refractivity contribution in [1.82, 2.24) is 10.3 Å². The molecular formula is C18H21N3O. The van der Waals surface area contributed by atoms with E-state index in [1.165, 1.54) is 16.8 Å². The van der Waals surface area contributed by atoms with Crippen molar-refractivity contribution >= 4 is 5.69 Å². The first-order valence-electron chi connectivity index (χ1n) is 8.04. The lowest BCUT2D eigenvalue weighted by molar-refractivity contribution is 0.306. The Morgan fingerprint density at radius 2 is 2.00 bits per heavy atom. The molecule has 0 atom stereocenters. The molecule has 1 N–H and O–H groups in total. The minimum absolute atomic E-state index is 0.747. The van der Waals surface area contributed by atoms with E-state index in [1.807, 2.05) is 18.3 Å². The van der Waals surface area contributed by atoms with E-state index in [0.29, 0.717) is 0 Å². The topological polar surface area (TPSA) is 37.4 Å². The van der Waals surface area contributed by atoms with E-state index < -0.39 is 0 Å². The highest BCUT2D eigenvalue weighted by molar-refractivity contribution is 5.63. The molecular weight excluding hydrogens is 274 g/mol. The number of nitrogens with one attached hydrogen (secondary N) is 1. The Morgan fingerprint density at radius 3 is 2.82 bits per heavy atom. The van der Waals surface area contributed by atoms with Crippen LogP contribution in [-0.4, -0.2) is 31.2 Å². The zero-order valence-corrected chi connectivity index (χ0v) is 12.7. The van der Waals surface area contributed by atoms with E-state index in [0.717, 1.165) is 57.1 Å². The summed E-state index contributed by atoms with van der Waals surface area (Å²) in [6.07, 6.45) is 4.05. The van der Waals surface area contributed by atoms with Crippen molar-refractivity contribution in [2.75, 3.05) is 31.1 Å². The smallest absolute Gasteiger partial charge is 0.142 e. The van der Waals surface area contributed by atoms with Crippen LogP contribution in [0, 0.1) is 0 Å². The van der Waals surface area contributed by atoms with E-state index in [2.05, 4.69) is 33.4 Å². The van der Waals surface area contributed by atoms with Gasteiger partial charge in [0.1, 0.15) is 12.4 Å². The number of pyridine rings is 1. The van der Waals surface area contributed by atoms with Crippen LogP contribution >= 0.6 is 0 Å². The van der Waals surface area contributed by atoms with Crippen molar-refractivity contribution < 1.29 is 4.74 Å². The van der Waals surface area contributed by atoms with Crippen LogP contribution in [0.5, 0.6) is 5.75 Å². The number of ether oxygens (including phenoxy) is 1. The van der Waals surface area contributed by atoms with Gasteiger partial charge in [0.2, 0.25) is 0 Å². The fraction of sp³-hybridized carbons (Fsp3) is 0.389. The molecule has 0 fully saturated rings. The molecule has 0 bridgehead atoms. The summed E-state index contributed by atoms with van der Waals surface area (Å²) in [5, 5.41) is 3.47. The molecule has 3 heterocycles. The fourth-order valence-electron chi connectivity index (χ4n) is 3.29. The lowest BCUT2D eigenvalue weighted by Gasteiger charge is -2.32. The fourth-order valence-corrected chi connectivity index (χ4v) is 3.29. The van der Waals surface area contributed by atoms with Gasteiger partial charge in [-0.3, -0.25) is 4.98 Å². The highest BCUT2D eigenvalue weighted by atomic mass is 16.5. The van der Waals surface area contributed by atoms with E-state index in [-0.39, 0.29) is 0 Å².